The van der Waals surface area contributed by atoms with Crippen LogP contribution < -0.4 is 4.90 Å². The number of hydrogen-bond acceptors (Lipinski definition) is 5. The number of rotatable bonds is 5. The van der Waals surface area contributed by atoms with Crippen molar-refractivity contribution in [3.05, 3.63) is 35.4 Å². The van der Waals surface area contributed by atoms with Gasteiger partial charge in [-0.3, -0.25) is 14.7 Å². The van der Waals surface area contributed by atoms with Gasteiger partial charge in [0.1, 0.15) is 5.82 Å². The number of carbonyl (C=O) groups excluding carboxylic acids is 1. The molecule has 8 nitrogen and oxygen atoms in total. The summed E-state index contributed by atoms with van der Waals surface area (Å²) >= 11 is 0. The molecule has 10 heteroatoms. The minimum absolute atomic E-state index is 0.0438. The Morgan fingerprint density at radius 1 is 1.25 bits per heavy atom. The summed E-state index contributed by atoms with van der Waals surface area (Å²) in [6, 6.07) is 0. The van der Waals surface area contributed by atoms with Crippen molar-refractivity contribution < 1.29 is 13.6 Å². The van der Waals surface area contributed by atoms with Crippen LogP contribution in [0.5, 0.6) is 0 Å². The Morgan fingerprint density at radius 2 is 2.07 bits per heavy atom. The number of carbonyl (C=O) groups is 1. The van der Waals surface area contributed by atoms with Crippen LogP contribution in [0.1, 0.15) is 35.9 Å². The van der Waals surface area contributed by atoms with Crippen molar-refractivity contribution in [2.75, 3.05) is 11.4 Å². The Bertz CT molecular complexity index is 1030. The van der Waals surface area contributed by atoms with Gasteiger partial charge in [-0.05, 0) is 32.4 Å². The fraction of sp³-hybridized carbons (Fsp3) is 0.389. The molecule has 3 aromatic rings. The molecule has 4 heterocycles. The summed E-state index contributed by atoms with van der Waals surface area (Å²) in [4.78, 5) is 26.5. The maximum absolute atomic E-state index is 13.0. The van der Waals surface area contributed by atoms with Crippen LogP contribution in [0.15, 0.2) is 12.4 Å². The number of halogens is 2. The molecule has 1 fully saturated rings. The molecule has 0 aliphatic carbocycles. The van der Waals surface area contributed by atoms with E-state index in [1.165, 1.54) is 15.7 Å². The highest BCUT2D eigenvalue weighted by molar-refractivity contribution is 5.94. The molecule has 0 bridgehead atoms. The molecule has 146 valence electrons. The Kier molecular flexibility index (Phi) is 4.62. The molecule has 3 aromatic heterocycles. The zero-order valence-corrected chi connectivity index (χ0v) is 15.5. The van der Waals surface area contributed by atoms with Crippen molar-refractivity contribution in [1.29, 1.82) is 0 Å². The molecule has 1 aliphatic heterocycles. The molecule has 1 amide bonds. The van der Waals surface area contributed by atoms with Gasteiger partial charge in [-0.15, -0.1) is 5.10 Å². The highest BCUT2D eigenvalue weighted by Gasteiger charge is 2.25. The van der Waals surface area contributed by atoms with Gasteiger partial charge in [0.2, 0.25) is 5.91 Å². The van der Waals surface area contributed by atoms with E-state index < -0.39 is 13.0 Å². The molecule has 0 unspecified atom stereocenters. The Labute approximate surface area is 159 Å². The fourth-order valence-electron chi connectivity index (χ4n) is 3.19. The number of alkyl halides is 2. The molecule has 0 atom stereocenters. The van der Waals surface area contributed by atoms with Crippen LogP contribution in [0, 0.1) is 13.8 Å². The normalized spacial score (nSPS) is 15.0. The maximum Gasteiger partial charge on any atom is 0.256 e. The minimum atomic E-state index is -2.53. The SMILES string of the molecule is Cc1ncc(C)n2nc(C=Cc3nc(N4CCCC4=O)cn3CC(F)F)nc12. The van der Waals surface area contributed by atoms with Gasteiger partial charge in [-0.2, -0.15) is 0 Å². The smallest absolute Gasteiger partial charge is 0.256 e. The second kappa shape index (κ2) is 7.10. The summed E-state index contributed by atoms with van der Waals surface area (Å²) in [7, 11) is 0. The summed E-state index contributed by atoms with van der Waals surface area (Å²) in [5.74, 6) is 1.09. The first-order chi connectivity index (χ1) is 13.4. The lowest BCUT2D eigenvalue weighted by Gasteiger charge is -2.10. The summed E-state index contributed by atoms with van der Waals surface area (Å²) in [6.07, 6.45) is 5.05. The second-order valence-electron chi connectivity index (χ2n) is 6.67. The Morgan fingerprint density at radius 3 is 2.75 bits per heavy atom. The third kappa shape index (κ3) is 3.37. The lowest BCUT2D eigenvalue weighted by molar-refractivity contribution is -0.117. The van der Waals surface area contributed by atoms with Crippen LogP contribution in [0.2, 0.25) is 0 Å². The van der Waals surface area contributed by atoms with Crippen LogP contribution in [-0.2, 0) is 11.3 Å². The van der Waals surface area contributed by atoms with Gasteiger partial charge in [-0.1, -0.05) is 0 Å². The summed E-state index contributed by atoms with van der Waals surface area (Å²) < 4.78 is 29.0. The first kappa shape index (κ1) is 18.2. The Hall–Kier alpha value is -3.17. The molecule has 1 saturated heterocycles. The van der Waals surface area contributed by atoms with E-state index in [4.69, 9.17) is 0 Å². The van der Waals surface area contributed by atoms with Crippen molar-refractivity contribution in [2.24, 2.45) is 0 Å². The fourth-order valence-corrected chi connectivity index (χ4v) is 3.19. The number of imidazole rings is 1. The van der Waals surface area contributed by atoms with Crippen LogP contribution in [-0.4, -0.2) is 48.0 Å². The molecule has 0 saturated carbocycles. The number of anilines is 1. The zero-order valence-electron chi connectivity index (χ0n) is 15.5. The zero-order chi connectivity index (χ0) is 19.8. The Balaban J connectivity index is 1.68. The van der Waals surface area contributed by atoms with Gasteiger partial charge < -0.3 is 4.57 Å². The minimum Gasteiger partial charge on any atom is -0.323 e. The van der Waals surface area contributed by atoms with E-state index >= 15 is 0 Å². The van der Waals surface area contributed by atoms with Crippen LogP contribution in [0.4, 0.5) is 14.6 Å². The molecule has 0 spiro atoms. The standard InChI is InChI=1S/C18H19F2N7O/c1-11-8-21-12(2)18-22-14(24-27(11)18)5-6-15-23-16(10-25(15)9-13(19)20)26-7-3-4-17(26)28/h5-6,8,10,13H,3-4,7,9H2,1-2H3. The van der Waals surface area contributed by atoms with E-state index in [2.05, 4.69) is 20.1 Å². The average Bonchev–Trinajstić information content (AvgIpc) is 3.35. The quantitative estimate of drug-likeness (QED) is 0.672. The third-order valence-electron chi connectivity index (χ3n) is 4.59. The second-order valence-corrected chi connectivity index (χ2v) is 6.67. The van der Waals surface area contributed by atoms with Crippen molar-refractivity contribution in [3.63, 3.8) is 0 Å². The highest BCUT2D eigenvalue weighted by atomic mass is 19.3. The molecule has 0 radical (unpaired) electrons. The lowest BCUT2D eigenvalue weighted by Crippen LogP contribution is -2.23. The number of amides is 1. The van der Waals surface area contributed by atoms with Crippen molar-refractivity contribution in [3.8, 4) is 0 Å². The number of aromatic nitrogens is 6. The summed E-state index contributed by atoms with van der Waals surface area (Å²) in [5, 5.41) is 4.40. The third-order valence-corrected chi connectivity index (χ3v) is 4.59. The molecular formula is C18H19F2N7O. The van der Waals surface area contributed by atoms with E-state index in [1.54, 1.807) is 22.9 Å². The van der Waals surface area contributed by atoms with E-state index in [9.17, 15) is 13.6 Å². The van der Waals surface area contributed by atoms with E-state index in [1.807, 2.05) is 13.8 Å². The topological polar surface area (TPSA) is 81.2 Å². The van der Waals surface area contributed by atoms with E-state index in [0.717, 1.165) is 17.8 Å². The summed E-state index contributed by atoms with van der Waals surface area (Å²) in [5.41, 5.74) is 2.22. The lowest BCUT2D eigenvalue weighted by atomic mass is 10.4. The number of fused-ring (bicyclic) bond motifs is 1. The predicted octanol–water partition coefficient (Wildman–Crippen LogP) is 2.50. The summed E-state index contributed by atoms with van der Waals surface area (Å²) in [6.45, 7) is 3.75. The van der Waals surface area contributed by atoms with Gasteiger partial charge in [0.05, 0.1) is 17.9 Å². The van der Waals surface area contributed by atoms with Crippen molar-refractivity contribution in [2.45, 2.75) is 39.7 Å². The van der Waals surface area contributed by atoms with Crippen molar-refractivity contribution >= 4 is 29.5 Å². The van der Waals surface area contributed by atoms with Crippen molar-refractivity contribution in [1.82, 2.24) is 29.1 Å². The molecule has 28 heavy (non-hydrogen) atoms. The molecule has 4 rings (SSSR count). The van der Waals surface area contributed by atoms with Crippen LogP contribution in [0.25, 0.3) is 17.8 Å². The molecule has 1 aliphatic rings. The van der Waals surface area contributed by atoms with Crippen LogP contribution in [0.3, 0.4) is 0 Å². The maximum atomic E-state index is 13.0. The first-order valence-corrected chi connectivity index (χ1v) is 8.95. The number of aryl methyl sites for hydroxylation is 2. The first-order valence-electron chi connectivity index (χ1n) is 8.95. The van der Waals surface area contributed by atoms with Gasteiger partial charge in [0.15, 0.2) is 17.3 Å². The van der Waals surface area contributed by atoms with Gasteiger partial charge in [0.25, 0.3) is 6.43 Å². The number of hydrogen-bond donors (Lipinski definition) is 0. The molecular weight excluding hydrogens is 368 g/mol. The predicted molar refractivity (Wildman–Crippen MR) is 99.0 cm³/mol. The van der Waals surface area contributed by atoms with E-state index in [-0.39, 0.29) is 5.91 Å². The average molecular weight is 387 g/mol. The molecule has 0 aromatic carbocycles. The monoisotopic (exact) mass is 387 g/mol. The van der Waals surface area contributed by atoms with Gasteiger partial charge >= 0.3 is 0 Å². The van der Waals surface area contributed by atoms with Crippen LogP contribution >= 0.6 is 0 Å². The van der Waals surface area contributed by atoms with Gasteiger partial charge in [0, 0.05) is 25.4 Å². The van der Waals surface area contributed by atoms with E-state index in [0.29, 0.717) is 36.1 Å². The largest absolute Gasteiger partial charge is 0.323 e. The number of nitrogens with zero attached hydrogens (tertiary/aromatic N) is 7. The highest BCUT2D eigenvalue weighted by Crippen LogP contribution is 2.22. The van der Waals surface area contributed by atoms with Gasteiger partial charge in [-0.25, -0.2) is 23.3 Å². The molecule has 0 N–H and O–H groups in total.